The Kier molecular flexibility index (Phi) is 9.67. The molecule has 0 bridgehead atoms. The van der Waals surface area contributed by atoms with Gasteiger partial charge in [0.05, 0.1) is 5.70 Å². The van der Waals surface area contributed by atoms with E-state index in [9.17, 15) is 0 Å². The summed E-state index contributed by atoms with van der Waals surface area (Å²) in [6, 6.07) is 0. The molecule has 5 nitrogen and oxygen atoms in total. The molecule has 0 spiro atoms. The summed E-state index contributed by atoms with van der Waals surface area (Å²) in [4.78, 5) is 4.24. The molecule has 3 rings (SSSR count). The van der Waals surface area contributed by atoms with E-state index in [-0.39, 0.29) is 5.92 Å². The smallest absolute Gasteiger partial charge is 0.0615 e. The molecule has 0 aromatic heterocycles. The molecule has 172 valence electrons. The van der Waals surface area contributed by atoms with Crippen molar-refractivity contribution in [1.82, 2.24) is 15.6 Å². The van der Waals surface area contributed by atoms with Gasteiger partial charge in [-0.15, -0.1) is 0 Å². The number of aliphatic imine (C=N–C) groups is 1. The molecule has 0 radical (unpaired) electrons. The van der Waals surface area contributed by atoms with Crippen LogP contribution in [-0.4, -0.2) is 37.1 Å². The average molecular weight is 442 g/mol. The molecular weight excluding hydrogens is 406 g/mol. The normalized spacial score (nSPS) is 24.8. The molecule has 5 heteroatoms. The van der Waals surface area contributed by atoms with Crippen LogP contribution in [0.4, 0.5) is 0 Å². The first-order valence-electron chi connectivity index (χ1n) is 11.7. The van der Waals surface area contributed by atoms with E-state index >= 15 is 0 Å². The maximum atomic E-state index is 4.66. The maximum Gasteiger partial charge on any atom is 0.0615 e. The summed E-state index contributed by atoms with van der Waals surface area (Å²) in [5.74, 6) is 0.102. The molecule has 0 amide bonds. The topological polar surface area (TPSA) is 52.0 Å². The molecule has 0 saturated heterocycles. The third-order valence-corrected chi connectivity index (χ3v) is 5.34. The Bertz CT molecular complexity index is 995. The van der Waals surface area contributed by atoms with E-state index in [4.69, 9.17) is 0 Å². The second-order valence-corrected chi connectivity index (χ2v) is 7.84. The number of hydrazone groups is 1. The zero-order valence-electron chi connectivity index (χ0n) is 19.7. The highest BCUT2D eigenvalue weighted by atomic mass is 15.4. The Labute approximate surface area is 198 Å². The zero-order chi connectivity index (χ0) is 23.3. The summed E-state index contributed by atoms with van der Waals surface area (Å²) in [5, 5.41) is 13.5. The van der Waals surface area contributed by atoms with E-state index in [0.29, 0.717) is 0 Å². The van der Waals surface area contributed by atoms with E-state index < -0.39 is 0 Å². The van der Waals surface area contributed by atoms with E-state index in [2.05, 4.69) is 89.0 Å². The monoisotopic (exact) mass is 441 g/mol. The second-order valence-electron chi connectivity index (χ2n) is 7.84. The van der Waals surface area contributed by atoms with Crippen molar-refractivity contribution in [3.63, 3.8) is 0 Å². The fraction of sp³-hybridized carbons (Fsp3) is 0.286. The van der Waals surface area contributed by atoms with Crippen molar-refractivity contribution in [3.05, 3.63) is 108 Å². The van der Waals surface area contributed by atoms with E-state index in [1.807, 2.05) is 36.5 Å². The van der Waals surface area contributed by atoms with Gasteiger partial charge in [-0.1, -0.05) is 62.1 Å². The first-order valence-corrected chi connectivity index (χ1v) is 11.7. The second kappa shape index (κ2) is 13.2. The van der Waals surface area contributed by atoms with E-state index in [0.717, 1.165) is 49.3 Å². The number of fused-ring (bicyclic) bond motifs is 1. The van der Waals surface area contributed by atoms with Crippen molar-refractivity contribution in [2.45, 2.75) is 26.7 Å². The van der Waals surface area contributed by atoms with Gasteiger partial charge in [-0.3, -0.25) is 4.99 Å². The Balaban J connectivity index is 1.64. The molecule has 0 aromatic rings. The number of rotatable bonds is 10. The van der Waals surface area contributed by atoms with Crippen LogP contribution in [0.15, 0.2) is 118 Å². The number of nitrogens with one attached hydrogen (secondary N) is 2. The van der Waals surface area contributed by atoms with Crippen LogP contribution in [0.3, 0.4) is 0 Å². The molecule has 3 aliphatic rings. The summed E-state index contributed by atoms with van der Waals surface area (Å²) in [6.45, 7) is 10.9. The molecule has 1 aliphatic carbocycles. The summed E-state index contributed by atoms with van der Waals surface area (Å²) < 4.78 is 0. The van der Waals surface area contributed by atoms with Crippen molar-refractivity contribution in [2.24, 2.45) is 16.0 Å². The molecule has 2 heterocycles. The number of allylic oxidation sites excluding steroid dienone is 13. The highest BCUT2D eigenvalue weighted by Crippen LogP contribution is 2.27. The van der Waals surface area contributed by atoms with Crippen LogP contribution < -0.4 is 10.6 Å². The molecule has 1 unspecified atom stereocenters. The van der Waals surface area contributed by atoms with Crippen molar-refractivity contribution >= 4 is 12.4 Å². The molecule has 0 aromatic carbocycles. The first kappa shape index (κ1) is 24.2. The van der Waals surface area contributed by atoms with Crippen LogP contribution >= 0.6 is 0 Å². The molecular formula is C28H35N5. The molecule has 2 aliphatic heterocycles. The summed E-state index contributed by atoms with van der Waals surface area (Å²) >= 11 is 0. The van der Waals surface area contributed by atoms with Gasteiger partial charge in [0.1, 0.15) is 0 Å². The fourth-order valence-corrected chi connectivity index (χ4v) is 3.62. The predicted molar refractivity (Wildman–Crippen MR) is 142 cm³/mol. The van der Waals surface area contributed by atoms with Gasteiger partial charge < -0.3 is 10.6 Å². The minimum Gasteiger partial charge on any atom is -0.387 e. The zero-order valence-corrected chi connectivity index (χ0v) is 19.7. The van der Waals surface area contributed by atoms with E-state index in [1.54, 1.807) is 6.20 Å². The standard InChI is InChI=1S/C28H35N5/c1-4-15-30-20-23(5-2)18-24-19-28-14-13-26(22-33(28)32-21-24)25-9-7-11-27(12-8-10-25)31-17-16-29-6-3/h4-5,7,9-10,12-15,18-22,24,29,31H,2,6,8,11,16-17H2,1,3H3/b9-7-,15-4-,23-18+,25-10+,27-12+,30-20-. The molecule has 0 fully saturated rings. The summed E-state index contributed by atoms with van der Waals surface area (Å²) in [7, 11) is 0. The molecule has 2 N–H and O–H groups in total. The van der Waals surface area contributed by atoms with Gasteiger partial charge in [-0.05, 0) is 48.8 Å². The van der Waals surface area contributed by atoms with Gasteiger partial charge >= 0.3 is 0 Å². The summed E-state index contributed by atoms with van der Waals surface area (Å²) in [5.41, 5.74) is 5.71. The van der Waals surface area contributed by atoms with Crippen molar-refractivity contribution < 1.29 is 0 Å². The van der Waals surface area contributed by atoms with Crippen molar-refractivity contribution in [3.8, 4) is 0 Å². The highest BCUT2D eigenvalue weighted by molar-refractivity contribution is 5.84. The van der Waals surface area contributed by atoms with Crippen molar-refractivity contribution in [2.75, 3.05) is 19.6 Å². The lowest BCUT2D eigenvalue weighted by Gasteiger charge is -2.26. The van der Waals surface area contributed by atoms with Gasteiger partial charge in [-0.25, -0.2) is 5.01 Å². The highest BCUT2D eigenvalue weighted by Gasteiger charge is 2.17. The van der Waals surface area contributed by atoms with E-state index in [1.165, 1.54) is 11.3 Å². The number of hydrogen-bond acceptors (Lipinski definition) is 5. The SMILES string of the molecule is C=CC(/C=N\C=C/C)=C\C1C=NN2C=C(C3=C/C/C=C(/NCCNCC)C/C=C\3)C=CC2=C1. The van der Waals surface area contributed by atoms with Crippen molar-refractivity contribution in [1.29, 1.82) is 0 Å². The maximum absolute atomic E-state index is 4.66. The van der Waals surface area contributed by atoms with Gasteiger partial charge in [0.2, 0.25) is 0 Å². The first-order chi connectivity index (χ1) is 16.2. The quantitative estimate of drug-likeness (QED) is 0.274. The van der Waals surface area contributed by atoms with Gasteiger partial charge in [-0.2, -0.15) is 5.10 Å². The fourth-order valence-electron chi connectivity index (χ4n) is 3.62. The Hall–Kier alpha value is -3.44. The van der Waals surface area contributed by atoms with Crippen LogP contribution in [0.25, 0.3) is 0 Å². The van der Waals surface area contributed by atoms with Gasteiger partial charge in [0, 0.05) is 56.0 Å². The summed E-state index contributed by atoms with van der Waals surface area (Å²) in [6.07, 6.45) is 30.7. The molecule has 0 saturated carbocycles. The largest absolute Gasteiger partial charge is 0.387 e. The predicted octanol–water partition coefficient (Wildman–Crippen LogP) is 5.32. The Morgan fingerprint density at radius 3 is 2.97 bits per heavy atom. The average Bonchev–Trinajstić information content (AvgIpc) is 2.82. The van der Waals surface area contributed by atoms with Crippen LogP contribution in [0.2, 0.25) is 0 Å². The molecule has 33 heavy (non-hydrogen) atoms. The third-order valence-electron chi connectivity index (χ3n) is 5.34. The minimum absolute atomic E-state index is 0.102. The third kappa shape index (κ3) is 7.58. The molecule has 1 atom stereocenters. The Morgan fingerprint density at radius 1 is 1.24 bits per heavy atom. The minimum atomic E-state index is 0.102. The van der Waals surface area contributed by atoms with Gasteiger partial charge in [0.15, 0.2) is 0 Å². The number of hydrogen-bond donors (Lipinski definition) is 2. The van der Waals surface area contributed by atoms with Crippen LogP contribution in [0.5, 0.6) is 0 Å². The lowest BCUT2D eigenvalue weighted by molar-refractivity contribution is 0.494. The van der Waals surface area contributed by atoms with Crippen LogP contribution in [0, 0.1) is 5.92 Å². The number of likely N-dealkylation sites (N-methyl/N-ethyl adjacent to an activating group) is 1. The van der Waals surface area contributed by atoms with Crippen LogP contribution in [0.1, 0.15) is 26.7 Å². The van der Waals surface area contributed by atoms with Crippen LogP contribution in [-0.2, 0) is 0 Å². The Morgan fingerprint density at radius 2 is 2.15 bits per heavy atom. The lowest BCUT2D eigenvalue weighted by atomic mass is 9.98. The lowest BCUT2D eigenvalue weighted by Crippen LogP contribution is -2.26. The van der Waals surface area contributed by atoms with Gasteiger partial charge in [0.25, 0.3) is 0 Å². The number of nitrogens with zero attached hydrogens (tertiary/aromatic N) is 3.